The van der Waals surface area contributed by atoms with Crippen LogP contribution in [-0.2, 0) is 20.0 Å². The van der Waals surface area contributed by atoms with Crippen LogP contribution in [0.3, 0.4) is 0 Å². The van der Waals surface area contributed by atoms with Gasteiger partial charge in [-0.25, -0.2) is 0 Å². The lowest BCUT2D eigenvalue weighted by Gasteiger charge is -2.17. The minimum Gasteiger partial charge on any atom is -0.508 e. The van der Waals surface area contributed by atoms with Gasteiger partial charge in [-0.1, -0.05) is 12.1 Å². The highest BCUT2D eigenvalue weighted by Gasteiger charge is 2.23. The smallest absolute Gasteiger partial charge is 0.331 e. The monoisotopic (exact) mass is 326 g/mol. The molecule has 0 amide bonds. The van der Waals surface area contributed by atoms with E-state index >= 15 is 0 Å². The number of rotatable bonds is 9. The first-order valence-electron chi connectivity index (χ1n) is 5.87. The summed E-state index contributed by atoms with van der Waals surface area (Å²) in [5.74, 6) is 0.676. The summed E-state index contributed by atoms with van der Waals surface area (Å²) in [4.78, 5) is 0. The lowest BCUT2D eigenvalue weighted by Crippen LogP contribution is -2.05. The average Bonchev–Trinajstić information content (AvgIpc) is 2.39. The molecule has 0 aliphatic rings. The molecule has 0 spiro atoms. The zero-order valence-corrected chi connectivity index (χ0v) is 12.8. The molecule has 0 fully saturated rings. The summed E-state index contributed by atoms with van der Waals surface area (Å²) < 4.78 is 22.7. The van der Waals surface area contributed by atoms with Crippen LogP contribution in [0.5, 0.6) is 5.75 Å². The second-order valence-electron chi connectivity index (χ2n) is 3.80. The van der Waals surface area contributed by atoms with Gasteiger partial charge in [0.2, 0.25) is 0 Å². The largest absolute Gasteiger partial charge is 0.508 e. The van der Waals surface area contributed by atoms with Crippen molar-refractivity contribution in [2.75, 3.05) is 31.1 Å². The summed E-state index contributed by atoms with van der Waals surface area (Å²) in [5, 5.41) is 9.16. The zero-order valence-electron chi connectivity index (χ0n) is 10.4. The van der Waals surface area contributed by atoms with Gasteiger partial charge in [0.1, 0.15) is 5.75 Å². The molecular weight excluding hydrogens is 310 g/mol. The minimum atomic E-state index is -3.15. The van der Waals surface area contributed by atoms with Crippen LogP contribution in [0.2, 0.25) is 0 Å². The lowest BCUT2D eigenvalue weighted by atomic mass is 10.2. The summed E-state index contributed by atoms with van der Waals surface area (Å²) >= 11 is 11.1. The Hall–Kier alpha value is -0.250. The lowest BCUT2D eigenvalue weighted by molar-refractivity contribution is 0.215. The molecule has 0 saturated heterocycles. The molecule has 1 aromatic carbocycles. The van der Waals surface area contributed by atoms with Crippen molar-refractivity contribution < 1.29 is 18.7 Å². The first kappa shape index (κ1) is 16.8. The van der Waals surface area contributed by atoms with Crippen LogP contribution in [0, 0.1) is 0 Å². The van der Waals surface area contributed by atoms with E-state index in [4.69, 9.17) is 37.4 Å². The summed E-state index contributed by atoms with van der Waals surface area (Å²) in [6.45, 7) is 0.441. The quantitative estimate of drug-likeness (QED) is 0.556. The molecule has 1 N–H and O–H groups in total. The first-order valence-corrected chi connectivity index (χ1v) is 8.67. The Labute approximate surface area is 123 Å². The van der Waals surface area contributed by atoms with E-state index in [0.717, 1.165) is 5.56 Å². The second kappa shape index (κ2) is 8.83. The number of benzene rings is 1. The van der Waals surface area contributed by atoms with Gasteiger partial charge in [-0.15, -0.1) is 23.2 Å². The van der Waals surface area contributed by atoms with Crippen LogP contribution in [0.4, 0.5) is 0 Å². The van der Waals surface area contributed by atoms with Crippen molar-refractivity contribution in [3.8, 4) is 5.75 Å². The van der Waals surface area contributed by atoms with Crippen molar-refractivity contribution in [3.63, 3.8) is 0 Å². The van der Waals surface area contributed by atoms with Crippen molar-refractivity contribution in [3.05, 3.63) is 29.8 Å². The average molecular weight is 327 g/mol. The molecule has 0 radical (unpaired) electrons. The molecule has 0 aliphatic carbocycles. The molecular formula is C12H17Cl2O4P. The molecule has 1 rings (SSSR count). The van der Waals surface area contributed by atoms with E-state index in [9.17, 15) is 4.57 Å². The Morgan fingerprint density at radius 3 is 2.26 bits per heavy atom. The molecule has 4 nitrogen and oxygen atoms in total. The Morgan fingerprint density at radius 1 is 1.05 bits per heavy atom. The Morgan fingerprint density at radius 2 is 1.68 bits per heavy atom. The van der Waals surface area contributed by atoms with Crippen LogP contribution < -0.4 is 0 Å². The number of phenolic OH excluding ortho intramolecular Hbond substituents is 1. The molecule has 19 heavy (non-hydrogen) atoms. The summed E-state index contributed by atoms with van der Waals surface area (Å²) in [6, 6.07) is 6.75. The highest BCUT2D eigenvalue weighted by Crippen LogP contribution is 2.48. The van der Waals surface area contributed by atoms with E-state index in [1.165, 1.54) is 0 Å². The SMILES string of the molecule is O=P(CCCl)(OCCCl)OCCc1ccc(O)cc1. The van der Waals surface area contributed by atoms with Gasteiger partial charge < -0.3 is 14.2 Å². The third-order valence-corrected chi connectivity index (χ3v) is 4.87. The fourth-order valence-corrected chi connectivity index (χ4v) is 3.49. The van der Waals surface area contributed by atoms with Gasteiger partial charge in [0.25, 0.3) is 0 Å². The maximum atomic E-state index is 12.2. The maximum Gasteiger partial charge on any atom is 0.331 e. The number of hydrogen-bond acceptors (Lipinski definition) is 4. The van der Waals surface area contributed by atoms with Crippen LogP contribution in [0.25, 0.3) is 0 Å². The standard InChI is InChI=1S/C12H17Cl2O4P/c13-6-9-18-19(16,10-7-14)17-8-5-11-1-3-12(15)4-2-11/h1-4,15H,5-10H2. The predicted octanol–water partition coefficient (Wildman–Crippen LogP) is 3.64. The molecule has 1 unspecified atom stereocenters. The molecule has 0 aromatic heterocycles. The highest BCUT2D eigenvalue weighted by molar-refractivity contribution is 7.54. The van der Waals surface area contributed by atoms with E-state index in [-0.39, 0.29) is 36.9 Å². The minimum absolute atomic E-state index is 0.168. The van der Waals surface area contributed by atoms with Crippen molar-refractivity contribution in [2.24, 2.45) is 0 Å². The summed E-state index contributed by atoms with van der Waals surface area (Å²) in [5.41, 5.74) is 0.979. The van der Waals surface area contributed by atoms with Gasteiger partial charge in [-0.05, 0) is 24.1 Å². The van der Waals surface area contributed by atoms with Crippen LogP contribution in [-0.4, -0.2) is 36.2 Å². The Bertz CT molecular complexity index is 411. The predicted molar refractivity (Wildman–Crippen MR) is 77.6 cm³/mol. The van der Waals surface area contributed by atoms with Crippen molar-refractivity contribution in [1.29, 1.82) is 0 Å². The van der Waals surface area contributed by atoms with Crippen LogP contribution in [0.1, 0.15) is 5.56 Å². The van der Waals surface area contributed by atoms with Crippen molar-refractivity contribution >= 4 is 30.8 Å². The molecule has 0 bridgehead atoms. The molecule has 0 saturated carbocycles. The number of hydrogen-bond donors (Lipinski definition) is 1. The van der Waals surface area contributed by atoms with E-state index in [1.807, 2.05) is 0 Å². The molecule has 1 aromatic rings. The molecule has 7 heteroatoms. The molecule has 1 atom stereocenters. The normalized spacial score (nSPS) is 14.2. The number of halogens is 2. The Kier molecular flexibility index (Phi) is 7.81. The zero-order chi connectivity index (χ0) is 14.1. The number of alkyl halides is 2. The second-order valence-corrected chi connectivity index (χ2v) is 6.74. The number of phenols is 1. The van der Waals surface area contributed by atoms with E-state index in [2.05, 4.69) is 0 Å². The fraction of sp³-hybridized carbons (Fsp3) is 0.500. The van der Waals surface area contributed by atoms with E-state index in [1.54, 1.807) is 24.3 Å². The van der Waals surface area contributed by atoms with E-state index in [0.29, 0.717) is 6.42 Å². The maximum absolute atomic E-state index is 12.2. The van der Waals surface area contributed by atoms with Gasteiger partial charge in [0.15, 0.2) is 0 Å². The Balaban J connectivity index is 2.43. The fourth-order valence-electron chi connectivity index (χ4n) is 1.41. The topological polar surface area (TPSA) is 55.8 Å². The summed E-state index contributed by atoms with van der Waals surface area (Å²) in [7, 11) is -3.15. The van der Waals surface area contributed by atoms with Crippen molar-refractivity contribution in [2.45, 2.75) is 6.42 Å². The van der Waals surface area contributed by atoms with Gasteiger partial charge in [-0.2, -0.15) is 0 Å². The van der Waals surface area contributed by atoms with Gasteiger partial charge in [-0.3, -0.25) is 4.57 Å². The van der Waals surface area contributed by atoms with Crippen LogP contribution >= 0.6 is 30.8 Å². The third kappa shape index (κ3) is 6.64. The molecule has 0 heterocycles. The molecule has 0 aliphatic heterocycles. The number of aromatic hydroxyl groups is 1. The molecule has 108 valence electrons. The third-order valence-electron chi connectivity index (χ3n) is 2.34. The van der Waals surface area contributed by atoms with Crippen LogP contribution in [0.15, 0.2) is 24.3 Å². The highest BCUT2D eigenvalue weighted by atomic mass is 35.5. The van der Waals surface area contributed by atoms with E-state index < -0.39 is 7.60 Å². The first-order chi connectivity index (χ1) is 9.09. The summed E-state index contributed by atoms with van der Waals surface area (Å²) in [6.07, 6.45) is 0.748. The van der Waals surface area contributed by atoms with Gasteiger partial charge >= 0.3 is 7.60 Å². The van der Waals surface area contributed by atoms with Gasteiger partial charge in [0, 0.05) is 11.8 Å². The van der Waals surface area contributed by atoms with Crippen molar-refractivity contribution in [1.82, 2.24) is 0 Å². The van der Waals surface area contributed by atoms with Gasteiger partial charge in [0.05, 0.1) is 19.4 Å².